The van der Waals surface area contributed by atoms with Crippen LogP contribution in [-0.4, -0.2) is 41.9 Å². The standard InChI is InChI=1S/C18H21BrN2OS/c1-2-18(22)21-11-9-20(10-12-21)13-16-7-8-17(23-16)14-3-5-15(19)6-4-14/h3-8H,2,9-13H2,1H3. The first-order chi connectivity index (χ1) is 11.2. The monoisotopic (exact) mass is 392 g/mol. The van der Waals surface area contributed by atoms with Crippen LogP contribution in [0.1, 0.15) is 18.2 Å². The normalized spacial score (nSPS) is 15.8. The highest BCUT2D eigenvalue weighted by atomic mass is 79.9. The molecule has 0 bridgehead atoms. The van der Waals surface area contributed by atoms with Crippen molar-refractivity contribution in [2.24, 2.45) is 0 Å². The van der Waals surface area contributed by atoms with Crippen molar-refractivity contribution in [1.29, 1.82) is 0 Å². The van der Waals surface area contributed by atoms with E-state index in [-0.39, 0.29) is 5.91 Å². The van der Waals surface area contributed by atoms with Crippen LogP contribution in [0.25, 0.3) is 10.4 Å². The molecule has 0 spiro atoms. The summed E-state index contributed by atoms with van der Waals surface area (Å²) in [5.41, 5.74) is 1.27. The molecule has 1 fully saturated rings. The van der Waals surface area contributed by atoms with Gasteiger partial charge in [0, 0.05) is 53.4 Å². The molecule has 1 aliphatic rings. The second-order valence-corrected chi connectivity index (χ2v) is 7.87. The van der Waals surface area contributed by atoms with Crippen molar-refractivity contribution >= 4 is 33.2 Å². The Kier molecular flexibility index (Phi) is 5.51. The van der Waals surface area contributed by atoms with Crippen LogP contribution in [0.15, 0.2) is 40.9 Å². The molecule has 0 radical (unpaired) electrons. The number of hydrogen-bond donors (Lipinski definition) is 0. The van der Waals surface area contributed by atoms with Gasteiger partial charge in [-0.15, -0.1) is 11.3 Å². The lowest BCUT2D eigenvalue weighted by molar-refractivity contribution is -0.132. The molecular weight excluding hydrogens is 372 g/mol. The number of halogens is 1. The van der Waals surface area contributed by atoms with Gasteiger partial charge in [-0.3, -0.25) is 9.69 Å². The van der Waals surface area contributed by atoms with Gasteiger partial charge in [-0.05, 0) is 29.8 Å². The van der Waals surface area contributed by atoms with E-state index in [0.717, 1.165) is 37.2 Å². The average molecular weight is 393 g/mol. The van der Waals surface area contributed by atoms with E-state index in [1.54, 1.807) is 0 Å². The molecule has 0 unspecified atom stereocenters. The predicted molar refractivity (Wildman–Crippen MR) is 99.6 cm³/mol. The van der Waals surface area contributed by atoms with Crippen molar-refractivity contribution in [3.05, 3.63) is 45.7 Å². The third-order valence-electron chi connectivity index (χ3n) is 4.20. The van der Waals surface area contributed by atoms with Gasteiger partial charge in [0.2, 0.25) is 5.91 Å². The van der Waals surface area contributed by atoms with Gasteiger partial charge < -0.3 is 4.90 Å². The van der Waals surface area contributed by atoms with Gasteiger partial charge in [0.05, 0.1) is 0 Å². The summed E-state index contributed by atoms with van der Waals surface area (Å²) in [4.78, 5) is 18.8. The number of thiophene rings is 1. The van der Waals surface area contributed by atoms with Crippen LogP contribution in [0.3, 0.4) is 0 Å². The molecule has 2 heterocycles. The Morgan fingerprint density at radius 3 is 2.43 bits per heavy atom. The van der Waals surface area contributed by atoms with Gasteiger partial charge in [0.25, 0.3) is 0 Å². The van der Waals surface area contributed by atoms with Crippen LogP contribution in [0.4, 0.5) is 0 Å². The summed E-state index contributed by atoms with van der Waals surface area (Å²) in [7, 11) is 0. The maximum Gasteiger partial charge on any atom is 0.222 e. The first kappa shape index (κ1) is 16.7. The first-order valence-electron chi connectivity index (χ1n) is 8.00. The number of hydrogen-bond acceptors (Lipinski definition) is 3. The fourth-order valence-corrected chi connectivity index (χ4v) is 4.15. The Bertz CT molecular complexity index is 660. The van der Waals surface area contributed by atoms with Crippen molar-refractivity contribution in [1.82, 2.24) is 9.80 Å². The van der Waals surface area contributed by atoms with E-state index in [1.165, 1.54) is 15.3 Å². The quantitative estimate of drug-likeness (QED) is 0.776. The van der Waals surface area contributed by atoms with E-state index in [2.05, 4.69) is 57.2 Å². The zero-order valence-electron chi connectivity index (χ0n) is 13.3. The number of carbonyl (C=O) groups is 1. The molecule has 3 nitrogen and oxygen atoms in total. The van der Waals surface area contributed by atoms with Crippen molar-refractivity contribution in [2.75, 3.05) is 26.2 Å². The minimum atomic E-state index is 0.276. The SMILES string of the molecule is CCC(=O)N1CCN(Cc2ccc(-c3ccc(Br)cc3)s2)CC1. The second-order valence-electron chi connectivity index (χ2n) is 5.78. The minimum Gasteiger partial charge on any atom is -0.340 e. The Morgan fingerprint density at radius 1 is 1.09 bits per heavy atom. The number of nitrogens with zero attached hydrogens (tertiary/aromatic N) is 2. The number of benzene rings is 1. The van der Waals surface area contributed by atoms with Crippen LogP contribution in [0.5, 0.6) is 0 Å². The van der Waals surface area contributed by atoms with E-state index < -0.39 is 0 Å². The zero-order chi connectivity index (χ0) is 16.2. The second kappa shape index (κ2) is 7.60. The topological polar surface area (TPSA) is 23.6 Å². The highest BCUT2D eigenvalue weighted by Crippen LogP contribution is 2.29. The molecular formula is C18H21BrN2OS. The molecule has 1 aromatic heterocycles. The molecule has 23 heavy (non-hydrogen) atoms. The zero-order valence-corrected chi connectivity index (χ0v) is 15.7. The van der Waals surface area contributed by atoms with Gasteiger partial charge in [-0.2, -0.15) is 0 Å². The summed E-state index contributed by atoms with van der Waals surface area (Å²) in [6.45, 7) is 6.57. The molecule has 0 saturated carbocycles. The maximum absolute atomic E-state index is 11.7. The first-order valence-corrected chi connectivity index (χ1v) is 9.61. The molecule has 1 aromatic carbocycles. The third kappa shape index (κ3) is 4.22. The van der Waals surface area contributed by atoms with E-state index in [1.807, 2.05) is 23.2 Å². The fourth-order valence-electron chi connectivity index (χ4n) is 2.83. The van der Waals surface area contributed by atoms with Gasteiger partial charge in [-0.1, -0.05) is 35.0 Å². The number of amides is 1. The Morgan fingerprint density at radius 2 is 1.78 bits per heavy atom. The minimum absolute atomic E-state index is 0.276. The molecule has 0 N–H and O–H groups in total. The van der Waals surface area contributed by atoms with Gasteiger partial charge in [-0.25, -0.2) is 0 Å². The van der Waals surface area contributed by atoms with Crippen molar-refractivity contribution < 1.29 is 4.79 Å². The highest BCUT2D eigenvalue weighted by molar-refractivity contribution is 9.10. The lowest BCUT2D eigenvalue weighted by atomic mass is 10.2. The van der Waals surface area contributed by atoms with E-state index in [4.69, 9.17) is 0 Å². The molecule has 2 aromatic rings. The van der Waals surface area contributed by atoms with Crippen molar-refractivity contribution in [3.8, 4) is 10.4 Å². The van der Waals surface area contributed by atoms with Crippen LogP contribution >= 0.6 is 27.3 Å². The van der Waals surface area contributed by atoms with Crippen LogP contribution in [0, 0.1) is 0 Å². The molecule has 3 rings (SSSR count). The lowest BCUT2D eigenvalue weighted by Gasteiger charge is -2.34. The highest BCUT2D eigenvalue weighted by Gasteiger charge is 2.20. The Labute approximate surface area is 150 Å². The van der Waals surface area contributed by atoms with Crippen LogP contribution in [0.2, 0.25) is 0 Å². The Balaban J connectivity index is 1.58. The van der Waals surface area contributed by atoms with Gasteiger partial charge >= 0.3 is 0 Å². The smallest absolute Gasteiger partial charge is 0.222 e. The van der Waals surface area contributed by atoms with Crippen molar-refractivity contribution in [3.63, 3.8) is 0 Å². The molecule has 122 valence electrons. The summed E-state index contributed by atoms with van der Waals surface area (Å²) < 4.78 is 1.11. The molecule has 1 amide bonds. The molecule has 1 aliphatic heterocycles. The van der Waals surface area contributed by atoms with Crippen LogP contribution < -0.4 is 0 Å². The van der Waals surface area contributed by atoms with Gasteiger partial charge in [0.1, 0.15) is 0 Å². The van der Waals surface area contributed by atoms with Crippen molar-refractivity contribution in [2.45, 2.75) is 19.9 Å². The van der Waals surface area contributed by atoms with E-state index in [9.17, 15) is 4.79 Å². The Hall–Kier alpha value is -1.17. The van der Waals surface area contributed by atoms with E-state index in [0.29, 0.717) is 6.42 Å². The van der Waals surface area contributed by atoms with Gasteiger partial charge in [0.15, 0.2) is 0 Å². The molecule has 0 atom stereocenters. The summed E-state index contributed by atoms with van der Waals surface area (Å²) in [6, 6.07) is 12.9. The maximum atomic E-state index is 11.7. The molecule has 5 heteroatoms. The predicted octanol–water partition coefficient (Wildman–Crippen LogP) is 4.23. The van der Waals surface area contributed by atoms with Crippen LogP contribution in [-0.2, 0) is 11.3 Å². The summed E-state index contributed by atoms with van der Waals surface area (Å²) in [5, 5.41) is 0. The number of piperazine rings is 1. The summed E-state index contributed by atoms with van der Waals surface area (Å²) in [5.74, 6) is 0.276. The third-order valence-corrected chi connectivity index (χ3v) is 5.85. The fraction of sp³-hybridized carbons (Fsp3) is 0.389. The molecule has 1 saturated heterocycles. The number of carbonyl (C=O) groups excluding carboxylic acids is 1. The lowest BCUT2D eigenvalue weighted by Crippen LogP contribution is -2.48. The largest absolute Gasteiger partial charge is 0.340 e. The summed E-state index contributed by atoms with van der Waals surface area (Å²) in [6.07, 6.45) is 0.613. The molecule has 0 aliphatic carbocycles. The van der Waals surface area contributed by atoms with E-state index >= 15 is 0 Å². The average Bonchev–Trinajstić information content (AvgIpc) is 3.04. The summed E-state index contributed by atoms with van der Waals surface area (Å²) >= 11 is 5.34. The number of rotatable bonds is 4.